The Morgan fingerprint density at radius 3 is 2.59 bits per heavy atom. The maximum Gasteiger partial charge on any atom is 0.185 e. The molecule has 1 N–H and O–H groups in total. The van der Waals surface area contributed by atoms with Crippen LogP contribution in [0.2, 0.25) is 0 Å². The lowest BCUT2D eigenvalue weighted by Gasteiger charge is -2.06. The molecule has 0 aliphatic carbocycles. The number of aryl methyl sites for hydroxylation is 1. The van der Waals surface area contributed by atoms with Gasteiger partial charge in [0.2, 0.25) is 0 Å². The lowest BCUT2D eigenvalue weighted by Crippen LogP contribution is -2.07. The third-order valence-corrected chi connectivity index (χ3v) is 3.82. The van der Waals surface area contributed by atoms with Crippen molar-refractivity contribution in [1.29, 1.82) is 0 Å². The first-order chi connectivity index (χ1) is 8.13. The Labute approximate surface area is 105 Å². The molecule has 0 bridgehead atoms. The lowest BCUT2D eigenvalue weighted by molar-refractivity contribution is 0.286. The highest BCUT2D eigenvalue weighted by Crippen LogP contribution is 2.33. The van der Waals surface area contributed by atoms with Crippen LogP contribution < -0.4 is 4.90 Å². The molecule has 0 aliphatic rings. The van der Waals surface area contributed by atoms with Crippen molar-refractivity contribution in [3.63, 3.8) is 0 Å². The highest BCUT2D eigenvalue weighted by atomic mass is 32.1. The second kappa shape index (κ2) is 4.85. The van der Waals surface area contributed by atoms with E-state index in [0.717, 1.165) is 21.3 Å². The summed E-state index contributed by atoms with van der Waals surface area (Å²) in [6, 6.07) is 8.11. The maximum absolute atomic E-state index is 9.42. The molecule has 2 aromatic rings. The van der Waals surface area contributed by atoms with E-state index in [1.54, 1.807) is 0 Å². The van der Waals surface area contributed by atoms with Crippen LogP contribution in [0, 0.1) is 6.92 Å². The number of anilines is 1. The first-order valence-corrected chi connectivity index (χ1v) is 6.29. The summed E-state index contributed by atoms with van der Waals surface area (Å²) in [6.45, 7) is 2.10. The molecule has 0 fully saturated rings. The van der Waals surface area contributed by atoms with Crippen LogP contribution in [0.1, 0.15) is 10.4 Å². The Bertz CT molecular complexity index is 520. The van der Waals surface area contributed by atoms with Gasteiger partial charge < -0.3 is 10.0 Å². The average molecular weight is 248 g/mol. The van der Waals surface area contributed by atoms with E-state index in [9.17, 15) is 5.11 Å². The van der Waals surface area contributed by atoms with Gasteiger partial charge in [0, 0.05) is 19.7 Å². The van der Waals surface area contributed by atoms with E-state index < -0.39 is 0 Å². The molecular weight excluding hydrogens is 232 g/mol. The third kappa shape index (κ3) is 2.33. The molecule has 0 spiro atoms. The molecule has 3 nitrogen and oxygen atoms in total. The van der Waals surface area contributed by atoms with Crippen molar-refractivity contribution >= 4 is 16.5 Å². The van der Waals surface area contributed by atoms with Gasteiger partial charge in [-0.15, -0.1) is 0 Å². The zero-order valence-electron chi connectivity index (χ0n) is 10.3. The fourth-order valence-electron chi connectivity index (χ4n) is 1.69. The largest absolute Gasteiger partial charge is 0.391 e. The molecule has 90 valence electrons. The van der Waals surface area contributed by atoms with Crippen LogP contribution in [0.3, 0.4) is 0 Å². The number of nitrogens with zero attached hydrogens (tertiary/aromatic N) is 2. The van der Waals surface area contributed by atoms with E-state index >= 15 is 0 Å². The summed E-state index contributed by atoms with van der Waals surface area (Å²) in [5.41, 5.74) is 3.18. The highest BCUT2D eigenvalue weighted by Gasteiger charge is 2.14. The van der Waals surface area contributed by atoms with Crippen molar-refractivity contribution in [3.05, 3.63) is 34.7 Å². The number of benzene rings is 1. The number of thiazole rings is 1. The fraction of sp³-hybridized carbons (Fsp3) is 0.308. The number of hydrogen-bond donors (Lipinski definition) is 1. The first-order valence-electron chi connectivity index (χ1n) is 5.47. The SMILES string of the molecule is Cc1ccccc1-c1nc(N(C)C)sc1CO. The van der Waals surface area contributed by atoms with Crippen molar-refractivity contribution < 1.29 is 5.11 Å². The van der Waals surface area contributed by atoms with E-state index in [0.29, 0.717) is 0 Å². The molecule has 4 heteroatoms. The van der Waals surface area contributed by atoms with Gasteiger partial charge in [0.25, 0.3) is 0 Å². The second-order valence-corrected chi connectivity index (χ2v) is 5.20. The molecule has 2 rings (SSSR count). The van der Waals surface area contributed by atoms with Gasteiger partial charge in [-0.25, -0.2) is 4.98 Å². The predicted molar refractivity (Wildman–Crippen MR) is 72.5 cm³/mol. The van der Waals surface area contributed by atoms with Crippen molar-refractivity contribution in [3.8, 4) is 11.3 Å². The summed E-state index contributed by atoms with van der Waals surface area (Å²) >= 11 is 1.54. The average Bonchev–Trinajstić information content (AvgIpc) is 2.73. The van der Waals surface area contributed by atoms with Crippen LogP contribution in [0.15, 0.2) is 24.3 Å². The van der Waals surface area contributed by atoms with E-state index in [1.165, 1.54) is 16.9 Å². The summed E-state index contributed by atoms with van der Waals surface area (Å²) in [5.74, 6) is 0. The van der Waals surface area contributed by atoms with Crippen LogP contribution in [-0.2, 0) is 6.61 Å². The second-order valence-electron chi connectivity index (χ2n) is 4.14. The Morgan fingerprint density at radius 1 is 1.29 bits per heavy atom. The Balaban J connectivity index is 2.55. The number of hydrogen-bond acceptors (Lipinski definition) is 4. The van der Waals surface area contributed by atoms with Crippen LogP contribution in [0.5, 0.6) is 0 Å². The van der Waals surface area contributed by atoms with Gasteiger partial charge >= 0.3 is 0 Å². The predicted octanol–water partition coefficient (Wildman–Crippen LogP) is 2.68. The van der Waals surface area contributed by atoms with Gasteiger partial charge in [-0.05, 0) is 12.5 Å². The number of rotatable bonds is 3. The molecule has 1 aromatic carbocycles. The van der Waals surface area contributed by atoms with Gasteiger partial charge in [0.05, 0.1) is 17.2 Å². The third-order valence-electron chi connectivity index (χ3n) is 2.61. The van der Waals surface area contributed by atoms with Crippen molar-refractivity contribution in [2.75, 3.05) is 19.0 Å². The minimum absolute atomic E-state index is 0.0369. The molecule has 0 atom stereocenters. The Morgan fingerprint density at radius 2 is 2.00 bits per heavy atom. The fourth-order valence-corrected chi connectivity index (χ4v) is 2.54. The number of aliphatic hydroxyl groups excluding tert-OH is 1. The van der Waals surface area contributed by atoms with Gasteiger partial charge in [-0.2, -0.15) is 0 Å². The summed E-state index contributed by atoms with van der Waals surface area (Å²) in [7, 11) is 3.92. The molecule has 0 saturated carbocycles. The van der Waals surface area contributed by atoms with E-state index in [2.05, 4.69) is 18.0 Å². The van der Waals surface area contributed by atoms with Crippen molar-refractivity contribution in [1.82, 2.24) is 4.98 Å². The van der Waals surface area contributed by atoms with Gasteiger partial charge in [-0.1, -0.05) is 35.6 Å². The smallest absolute Gasteiger partial charge is 0.185 e. The minimum atomic E-state index is 0.0369. The highest BCUT2D eigenvalue weighted by molar-refractivity contribution is 7.16. The summed E-state index contributed by atoms with van der Waals surface area (Å²) in [6.07, 6.45) is 0. The Kier molecular flexibility index (Phi) is 3.45. The molecule has 0 saturated heterocycles. The minimum Gasteiger partial charge on any atom is -0.391 e. The van der Waals surface area contributed by atoms with Crippen molar-refractivity contribution in [2.45, 2.75) is 13.5 Å². The first kappa shape index (κ1) is 12.1. The van der Waals surface area contributed by atoms with E-state index in [4.69, 9.17) is 0 Å². The Hall–Kier alpha value is -1.39. The number of aliphatic hydroxyl groups is 1. The molecule has 0 aliphatic heterocycles. The van der Waals surface area contributed by atoms with Gasteiger partial charge in [0.1, 0.15) is 0 Å². The van der Waals surface area contributed by atoms with Crippen molar-refractivity contribution in [2.24, 2.45) is 0 Å². The maximum atomic E-state index is 9.42. The van der Waals surface area contributed by atoms with Gasteiger partial charge in [0.15, 0.2) is 5.13 Å². The normalized spacial score (nSPS) is 10.6. The van der Waals surface area contributed by atoms with Crippen LogP contribution in [0.4, 0.5) is 5.13 Å². The molecular formula is C13H16N2OS. The molecule has 0 radical (unpaired) electrons. The molecule has 0 amide bonds. The zero-order valence-corrected chi connectivity index (χ0v) is 11.1. The van der Waals surface area contributed by atoms with Crippen LogP contribution in [-0.4, -0.2) is 24.2 Å². The standard InChI is InChI=1S/C13H16N2OS/c1-9-6-4-5-7-10(9)12-11(8-16)17-13(14-12)15(2)3/h4-7,16H,8H2,1-3H3. The molecule has 1 heterocycles. The lowest BCUT2D eigenvalue weighted by atomic mass is 10.1. The summed E-state index contributed by atoms with van der Waals surface area (Å²) in [5, 5.41) is 10.3. The van der Waals surface area contributed by atoms with E-state index in [-0.39, 0.29) is 6.61 Å². The van der Waals surface area contributed by atoms with E-state index in [1.807, 2.05) is 37.2 Å². The summed E-state index contributed by atoms with van der Waals surface area (Å²) in [4.78, 5) is 7.48. The zero-order chi connectivity index (χ0) is 12.4. The number of aromatic nitrogens is 1. The molecule has 17 heavy (non-hydrogen) atoms. The summed E-state index contributed by atoms with van der Waals surface area (Å²) < 4.78 is 0. The molecule has 0 unspecified atom stereocenters. The van der Waals surface area contributed by atoms with Gasteiger partial charge in [-0.3, -0.25) is 0 Å². The topological polar surface area (TPSA) is 36.4 Å². The molecule has 1 aromatic heterocycles. The van der Waals surface area contributed by atoms with Crippen LogP contribution in [0.25, 0.3) is 11.3 Å². The monoisotopic (exact) mass is 248 g/mol. The quantitative estimate of drug-likeness (QED) is 0.907. The van der Waals surface area contributed by atoms with Crippen LogP contribution >= 0.6 is 11.3 Å².